The number of carbonyl (C=O) groups is 2. The van der Waals surface area contributed by atoms with E-state index in [1.807, 2.05) is 0 Å². The second kappa shape index (κ2) is 4.88. The van der Waals surface area contributed by atoms with Crippen LogP contribution in [0.15, 0.2) is 42.0 Å². The maximum atomic E-state index is 13.7. The molecule has 0 bridgehead atoms. The van der Waals surface area contributed by atoms with Crippen molar-refractivity contribution in [2.75, 3.05) is 0 Å². The van der Waals surface area contributed by atoms with E-state index in [1.54, 1.807) is 0 Å². The summed E-state index contributed by atoms with van der Waals surface area (Å²) in [7, 11) is 0. The largest absolute Gasteiger partial charge is 0.478 e. The molecule has 1 aliphatic rings. The van der Waals surface area contributed by atoms with Gasteiger partial charge in [-0.3, -0.25) is 0 Å². The monoisotopic (exact) mass is 280 g/mol. The van der Waals surface area contributed by atoms with Crippen molar-refractivity contribution in [1.82, 2.24) is 0 Å². The van der Waals surface area contributed by atoms with E-state index in [1.165, 1.54) is 30.3 Å². The van der Waals surface area contributed by atoms with Gasteiger partial charge < -0.3 is 10.2 Å². The van der Waals surface area contributed by atoms with Crippen molar-refractivity contribution in [3.63, 3.8) is 0 Å². The van der Waals surface area contributed by atoms with E-state index >= 15 is 0 Å². The molecule has 1 aliphatic carbocycles. The highest BCUT2D eigenvalue weighted by molar-refractivity contribution is 5.92. The summed E-state index contributed by atoms with van der Waals surface area (Å²) in [6.45, 7) is 0. The molecule has 0 saturated heterocycles. The van der Waals surface area contributed by atoms with Crippen LogP contribution in [0.4, 0.5) is 8.78 Å². The summed E-state index contributed by atoms with van der Waals surface area (Å²) < 4.78 is 27.4. The van der Waals surface area contributed by atoms with Gasteiger partial charge in [0.15, 0.2) is 0 Å². The second-order valence-corrected chi connectivity index (χ2v) is 4.34. The first kappa shape index (κ1) is 13.9. The van der Waals surface area contributed by atoms with Crippen molar-refractivity contribution in [1.29, 1.82) is 0 Å². The van der Waals surface area contributed by atoms with E-state index in [-0.39, 0.29) is 11.1 Å². The molecule has 0 atom stereocenters. The van der Waals surface area contributed by atoms with Gasteiger partial charge in [0.25, 0.3) is 5.92 Å². The van der Waals surface area contributed by atoms with Gasteiger partial charge in [0, 0.05) is 6.42 Å². The van der Waals surface area contributed by atoms with Crippen molar-refractivity contribution < 1.29 is 28.6 Å². The van der Waals surface area contributed by atoms with Gasteiger partial charge in [0.2, 0.25) is 0 Å². The van der Waals surface area contributed by atoms with E-state index < -0.39 is 29.9 Å². The maximum absolute atomic E-state index is 13.7. The van der Waals surface area contributed by atoms with Crippen molar-refractivity contribution in [3.8, 4) is 0 Å². The Hall–Kier alpha value is -2.50. The first-order valence-electron chi connectivity index (χ1n) is 5.67. The van der Waals surface area contributed by atoms with Crippen LogP contribution in [-0.4, -0.2) is 28.1 Å². The molecule has 0 heterocycles. The van der Waals surface area contributed by atoms with E-state index in [2.05, 4.69) is 0 Å². The molecule has 0 saturated carbocycles. The first-order valence-corrected chi connectivity index (χ1v) is 5.67. The molecule has 0 radical (unpaired) electrons. The molecule has 2 N–H and O–H groups in total. The molecule has 1 aromatic carbocycles. The smallest absolute Gasteiger partial charge is 0.337 e. The summed E-state index contributed by atoms with van der Waals surface area (Å²) in [4.78, 5) is 21.4. The molecule has 0 unspecified atom stereocenters. The Balaban J connectivity index is 2.35. The van der Waals surface area contributed by atoms with Gasteiger partial charge >= 0.3 is 11.9 Å². The van der Waals surface area contributed by atoms with Gasteiger partial charge in [-0.05, 0) is 29.3 Å². The number of benzene rings is 1. The van der Waals surface area contributed by atoms with Crippen molar-refractivity contribution in [2.24, 2.45) is 0 Å². The lowest BCUT2D eigenvalue weighted by atomic mass is 9.90. The van der Waals surface area contributed by atoms with Gasteiger partial charge in [-0.2, -0.15) is 0 Å². The fourth-order valence-corrected chi connectivity index (χ4v) is 1.95. The fraction of sp³-hybridized carbons (Fsp3) is 0.143. The average molecular weight is 280 g/mol. The number of aliphatic carboxylic acids is 1. The molecule has 0 aromatic heterocycles. The Morgan fingerprint density at radius 3 is 2.05 bits per heavy atom. The second-order valence-electron chi connectivity index (χ2n) is 4.34. The lowest BCUT2D eigenvalue weighted by molar-refractivity contribution is -0.136. The molecule has 2 rings (SSSR count). The summed E-state index contributed by atoms with van der Waals surface area (Å²) in [5.74, 6) is -6.19. The minimum atomic E-state index is -3.44. The third-order valence-electron chi connectivity index (χ3n) is 2.99. The Morgan fingerprint density at radius 1 is 1.00 bits per heavy atom. The number of alkyl halides is 2. The number of carboxylic acid groups (broad SMARTS) is 2. The molecule has 0 aliphatic heterocycles. The molecule has 104 valence electrons. The number of carboxylic acids is 2. The summed E-state index contributed by atoms with van der Waals surface area (Å²) >= 11 is 0. The Labute approximate surface area is 112 Å². The van der Waals surface area contributed by atoms with E-state index in [4.69, 9.17) is 10.2 Å². The minimum absolute atomic E-state index is 0.0543. The van der Waals surface area contributed by atoms with Crippen LogP contribution in [0, 0.1) is 0 Å². The highest BCUT2D eigenvalue weighted by atomic mass is 19.3. The molecule has 20 heavy (non-hydrogen) atoms. The molecule has 0 spiro atoms. The average Bonchev–Trinajstić information content (AvgIpc) is 2.37. The topological polar surface area (TPSA) is 74.6 Å². The fourth-order valence-electron chi connectivity index (χ4n) is 1.95. The SMILES string of the molecule is O=C(O)C1=CC=C(c2ccc(C(=O)O)cc2)CC1(F)F. The minimum Gasteiger partial charge on any atom is -0.478 e. The standard InChI is InChI=1S/C14H10F2O4/c15-14(16)7-10(5-6-11(14)13(19)20)8-1-3-9(4-2-8)12(17)18/h1-6H,7H2,(H,17,18)(H,19,20). The normalized spacial score (nSPS) is 17.1. The molecule has 4 nitrogen and oxygen atoms in total. The predicted octanol–water partition coefficient (Wildman–Crippen LogP) is 2.82. The van der Waals surface area contributed by atoms with Crippen LogP contribution in [0.1, 0.15) is 22.3 Å². The lowest BCUT2D eigenvalue weighted by Crippen LogP contribution is -2.27. The van der Waals surface area contributed by atoms with E-state index in [0.717, 1.165) is 6.08 Å². The Morgan fingerprint density at radius 2 is 1.60 bits per heavy atom. The predicted molar refractivity (Wildman–Crippen MR) is 66.7 cm³/mol. The van der Waals surface area contributed by atoms with E-state index in [0.29, 0.717) is 5.56 Å². The zero-order valence-electron chi connectivity index (χ0n) is 10.1. The third kappa shape index (κ3) is 2.59. The van der Waals surface area contributed by atoms with Crippen LogP contribution in [0.2, 0.25) is 0 Å². The molecule has 0 fully saturated rings. The van der Waals surface area contributed by atoms with Crippen LogP contribution in [0.25, 0.3) is 5.57 Å². The van der Waals surface area contributed by atoms with Crippen LogP contribution >= 0.6 is 0 Å². The van der Waals surface area contributed by atoms with Gasteiger partial charge in [0.1, 0.15) is 5.57 Å². The molecule has 6 heteroatoms. The molecular weight excluding hydrogens is 270 g/mol. The van der Waals surface area contributed by atoms with Crippen LogP contribution in [-0.2, 0) is 4.79 Å². The first-order chi connectivity index (χ1) is 9.31. The van der Waals surface area contributed by atoms with Gasteiger partial charge in [-0.15, -0.1) is 0 Å². The molecular formula is C14H10F2O4. The Bertz CT molecular complexity index is 627. The summed E-state index contributed by atoms with van der Waals surface area (Å²) in [5, 5.41) is 17.4. The number of allylic oxidation sites excluding steroid dienone is 3. The van der Waals surface area contributed by atoms with Crippen molar-refractivity contribution >= 4 is 17.5 Å². The number of rotatable bonds is 3. The highest BCUT2D eigenvalue weighted by Gasteiger charge is 2.41. The number of halogens is 2. The van der Waals surface area contributed by atoms with Crippen molar-refractivity contribution in [2.45, 2.75) is 12.3 Å². The van der Waals surface area contributed by atoms with Gasteiger partial charge in [-0.1, -0.05) is 18.2 Å². The summed E-state index contributed by atoms with van der Waals surface area (Å²) in [5.41, 5.74) is -0.186. The van der Waals surface area contributed by atoms with Crippen LogP contribution in [0.5, 0.6) is 0 Å². The Kier molecular flexibility index (Phi) is 3.40. The van der Waals surface area contributed by atoms with Crippen LogP contribution in [0.3, 0.4) is 0 Å². The van der Waals surface area contributed by atoms with Crippen LogP contribution < -0.4 is 0 Å². The van der Waals surface area contributed by atoms with E-state index in [9.17, 15) is 18.4 Å². The number of aromatic carboxylic acids is 1. The summed E-state index contributed by atoms with van der Waals surface area (Å²) in [6.07, 6.45) is 1.47. The zero-order chi connectivity index (χ0) is 14.9. The highest BCUT2D eigenvalue weighted by Crippen LogP contribution is 2.38. The van der Waals surface area contributed by atoms with Gasteiger partial charge in [-0.25, -0.2) is 18.4 Å². The summed E-state index contributed by atoms with van der Waals surface area (Å²) in [6, 6.07) is 5.47. The molecule has 1 aromatic rings. The third-order valence-corrected chi connectivity index (χ3v) is 2.99. The maximum Gasteiger partial charge on any atom is 0.337 e. The van der Waals surface area contributed by atoms with Gasteiger partial charge in [0.05, 0.1) is 5.56 Å². The quantitative estimate of drug-likeness (QED) is 0.892. The number of hydrogen-bond acceptors (Lipinski definition) is 2. The van der Waals surface area contributed by atoms with Crippen molar-refractivity contribution in [3.05, 3.63) is 53.1 Å². The zero-order valence-corrected chi connectivity index (χ0v) is 10.1. The molecule has 0 amide bonds. The number of hydrogen-bond donors (Lipinski definition) is 2. The lowest BCUT2D eigenvalue weighted by Gasteiger charge is -2.22.